The molecular formula is C17H22N6. The number of hydrogen-bond donors (Lipinski definition) is 3. The first-order valence-corrected chi connectivity index (χ1v) is 8.10. The Morgan fingerprint density at radius 2 is 2.26 bits per heavy atom. The van der Waals surface area contributed by atoms with Crippen molar-refractivity contribution >= 4 is 22.4 Å². The SMILES string of the molecule is CC(C)Nc1nc(C#N)cc2cnc(NC3CCCNC3)cc12. The van der Waals surface area contributed by atoms with Gasteiger partial charge in [-0.15, -0.1) is 0 Å². The highest BCUT2D eigenvalue weighted by Crippen LogP contribution is 2.25. The molecule has 0 amide bonds. The molecule has 1 unspecified atom stereocenters. The third kappa shape index (κ3) is 3.69. The number of nitriles is 1. The summed E-state index contributed by atoms with van der Waals surface area (Å²) in [5.74, 6) is 1.59. The van der Waals surface area contributed by atoms with E-state index in [1.165, 1.54) is 6.42 Å². The van der Waals surface area contributed by atoms with Crippen LogP contribution in [0.3, 0.4) is 0 Å². The average molecular weight is 310 g/mol. The Bertz CT molecular complexity index is 728. The molecule has 6 nitrogen and oxygen atoms in total. The average Bonchev–Trinajstić information content (AvgIpc) is 2.55. The molecule has 0 saturated carbocycles. The quantitative estimate of drug-likeness (QED) is 0.804. The molecule has 1 aliphatic heterocycles. The fraction of sp³-hybridized carbons (Fsp3) is 0.471. The lowest BCUT2D eigenvalue weighted by molar-refractivity contribution is 0.479. The number of rotatable bonds is 4. The molecule has 0 spiro atoms. The zero-order chi connectivity index (χ0) is 16.2. The van der Waals surface area contributed by atoms with Crippen molar-refractivity contribution in [3.05, 3.63) is 24.0 Å². The number of nitrogens with one attached hydrogen (secondary N) is 3. The molecule has 3 heterocycles. The molecule has 1 aliphatic rings. The van der Waals surface area contributed by atoms with Crippen molar-refractivity contribution in [3.63, 3.8) is 0 Å². The highest BCUT2D eigenvalue weighted by Gasteiger charge is 2.14. The monoisotopic (exact) mass is 310 g/mol. The minimum Gasteiger partial charge on any atom is -0.367 e. The van der Waals surface area contributed by atoms with E-state index in [0.29, 0.717) is 11.7 Å². The minimum atomic E-state index is 0.242. The van der Waals surface area contributed by atoms with Crippen molar-refractivity contribution in [3.8, 4) is 6.07 Å². The summed E-state index contributed by atoms with van der Waals surface area (Å²) in [6, 6.07) is 6.55. The predicted molar refractivity (Wildman–Crippen MR) is 92.5 cm³/mol. The van der Waals surface area contributed by atoms with Gasteiger partial charge in [-0.1, -0.05) is 0 Å². The van der Waals surface area contributed by atoms with Crippen LogP contribution >= 0.6 is 0 Å². The van der Waals surface area contributed by atoms with Crippen molar-refractivity contribution < 1.29 is 0 Å². The second-order valence-corrected chi connectivity index (χ2v) is 6.25. The van der Waals surface area contributed by atoms with E-state index in [2.05, 4.69) is 45.8 Å². The molecule has 1 fully saturated rings. The van der Waals surface area contributed by atoms with Gasteiger partial charge in [0.1, 0.15) is 23.4 Å². The molecule has 1 atom stereocenters. The molecule has 1 saturated heterocycles. The molecular weight excluding hydrogens is 288 g/mol. The van der Waals surface area contributed by atoms with E-state index in [0.717, 1.165) is 41.9 Å². The van der Waals surface area contributed by atoms with E-state index in [-0.39, 0.29) is 6.04 Å². The summed E-state index contributed by atoms with van der Waals surface area (Å²) in [7, 11) is 0. The molecule has 3 rings (SSSR count). The Labute approximate surface area is 136 Å². The first kappa shape index (κ1) is 15.5. The maximum Gasteiger partial charge on any atom is 0.143 e. The van der Waals surface area contributed by atoms with Crippen molar-refractivity contribution in [2.75, 3.05) is 23.7 Å². The van der Waals surface area contributed by atoms with Gasteiger partial charge in [0.2, 0.25) is 0 Å². The van der Waals surface area contributed by atoms with Gasteiger partial charge in [0.05, 0.1) is 0 Å². The second-order valence-electron chi connectivity index (χ2n) is 6.25. The van der Waals surface area contributed by atoms with Crippen LogP contribution in [0.25, 0.3) is 10.8 Å². The van der Waals surface area contributed by atoms with Crippen LogP contribution in [0, 0.1) is 11.3 Å². The number of anilines is 2. The van der Waals surface area contributed by atoms with Gasteiger partial charge >= 0.3 is 0 Å². The molecule has 120 valence electrons. The van der Waals surface area contributed by atoms with E-state index in [1.54, 1.807) is 6.07 Å². The zero-order valence-corrected chi connectivity index (χ0v) is 13.6. The van der Waals surface area contributed by atoms with Gasteiger partial charge in [-0.05, 0) is 45.4 Å². The van der Waals surface area contributed by atoms with Crippen LogP contribution in [0.5, 0.6) is 0 Å². The van der Waals surface area contributed by atoms with Crippen LogP contribution in [-0.4, -0.2) is 35.1 Å². The van der Waals surface area contributed by atoms with Gasteiger partial charge in [0.25, 0.3) is 0 Å². The van der Waals surface area contributed by atoms with E-state index < -0.39 is 0 Å². The van der Waals surface area contributed by atoms with Crippen LogP contribution < -0.4 is 16.0 Å². The lowest BCUT2D eigenvalue weighted by Crippen LogP contribution is -2.38. The normalized spacial score (nSPS) is 17.9. The number of hydrogen-bond acceptors (Lipinski definition) is 6. The van der Waals surface area contributed by atoms with Gasteiger partial charge in [0, 0.05) is 35.6 Å². The smallest absolute Gasteiger partial charge is 0.143 e. The number of aromatic nitrogens is 2. The third-order valence-corrected chi connectivity index (χ3v) is 3.90. The Hall–Kier alpha value is -2.39. The number of piperidine rings is 1. The first-order chi connectivity index (χ1) is 11.2. The Balaban J connectivity index is 1.94. The molecule has 2 aromatic rings. The van der Waals surface area contributed by atoms with Crippen LogP contribution in [0.1, 0.15) is 32.4 Å². The Morgan fingerprint density at radius 1 is 1.39 bits per heavy atom. The maximum absolute atomic E-state index is 9.15. The van der Waals surface area contributed by atoms with E-state index in [1.807, 2.05) is 12.3 Å². The van der Waals surface area contributed by atoms with E-state index in [9.17, 15) is 0 Å². The van der Waals surface area contributed by atoms with Gasteiger partial charge in [0.15, 0.2) is 0 Å². The molecule has 0 aliphatic carbocycles. The summed E-state index contributed by atoms with van der Waals surface area (Å²) in [6.45, 7) is 6.16. The van der Waals surface area contributed by atoms with Crippen LogP contribution in [0.15, 0.2) is 18.3 Å². The lowest BCUT2D eigenvalue weighted by Gasteiger charge is -2.24. The van der Waals surface area contributed by atoms with E-state index in [4.69, 9.17) is 5.26 Å². The van der Waals surface area contributed by atoms with Gasteiger partial charge in [-0.3, -0.25) is 0 Å². The maximum atomic E-state index is 9.15. The highest BCUT2D eigenvalue weighted by molar-refractivity contribution is 5.93. The Morgan fingerprint density at radius 3 is 2.96 bits per heavy atom. The van der Waals surface area contributed by atoms with E-state index >= 15 is 0 Å². The summed E-state index contributed by atoms with van der Waals surface area (Å²) in [4.78, 5) is 8.90. The summed E-state index contributed by atoms with van der Waals surface area (Å²) in [5, 5.41) is 21.3. The van der Waals surface area contributed by atoms with Crippen LogP contribution in [0.4, 0.5) is 11.6 Å². The number of fused-ring (bicyclic) bond motifs is 1. The number of nitrogens with zero attached hydrogens (tertiary/aromatic N) is 3. The van der Waals surface area contributed by atoms with Crippen molar-refractivity contribution in [1.82, 2.24) is 15.3 Å². The summed E-state index contributed by atoms with van der Waals surface area (Å²) in [5.41, 5.74) is 0.402. The molecule has 23 heavy (non-hydrogen) atoms. The van der Waals surface area contributed by atoms with Gasteiger partial charge < -0.3 is 16.0 Å². The molecule has 0 bridgehead atoms. The molecule has 6 heteroatoms. The van der Waals surface area contributed by atoms with Gasteiger partial charge in [-0.2, -0.15) is 5.26 Å². The molecule has 3 N–H and O–H groups in total. The minimum absolute atomic E-state index is 0.242. The van der Waals surface area contributed by atoms with Gasteiger partial charge in [-0.25, -0.2) is 9.97 Å². The largest absolute Gasteiger partial charge is 0.367 e. The summed E-state index contributed by atoms with van der Waals surface area (Å²) >= 11 is 0. The molecule has 0 radical (unpaired) electrons. The fourth-order valence-corrected chi connectivity index (χ4v) is 2.85. The summed E-state index contributed by atoms with van der Waals surface area (Å²) < 4.78 is 0. The molecule has 2 aromatic heterocycles. The number of pyridine rings is 2. The fourth-order valence-electron chi connectivity index (χ4n) is 2.85. The predicted octanol–water partition coefficient (Wildman–Crippen LogP) is 2.49. The third-order valence-electron chi connectivity index (χ3n) is 3.90. The lowest BCUT2D eigenvalue weighted by atomic mass is 10.1. The van der Waals surface area contributed by atoms with Crippen molar-refractivity contribution in [2.24, 2.45) is 0 Å². The standard InChI is InChI=1S/C17H22N6/c1-11(2)21-17-15-7-16(22-13-4-3-5-19-10-13)20-9-12(15)6-14(8-18)23-17/h6-7,9,11,13,19H,3-5,10H2,1-2H3,(H,20,22)(H,21,23). The van der Waals surface area contributed by atoms with Crippen LogP contribution in [-0.2, 0) is 0 Å². The highest BCUT2D eigenvalue weighted by atomic mass is 15.1. The first-order valence-electron chi connectivity index (χ1n) is 8.10. The second kappa shape index (κ2) is 6.80. The topological polar surface area (TPSA) is 85.7 Å². The molecule has 0 aromatic carbocycles. The summed E-state index contributed by atoms with van der Waals surface area (Å²) in [6.07, 6.45) is 4.13. The Kier molecular flexibility index (Phi) is 4.58. The van der Waals surface area contributed by atoms with Crippen molar-refractivity contribution in [2.45, 2.75) is 38.8 Å². The zero-order valence-electron chi connectivity index (χ0n) is 13.6. The van der Waals surface area contributed by atoms with Crippen LogP contribution in [0.2, 0.25) is 0 Å². The van der Waals surface area contributed by atoms with Crippen molar-refractivity contribution in [1.29, 1.82) is 5.26 Å².